The first-order chi connectivity index (χ1) is 11.8. The van der Waals surface area contributed by atoms with Crippen molar-refractivity contribution < 1.29 is 20.1 Å². The number of Topliss-reactive ketones (excluding diaryl/α,β-unsaturated/α-hetero) is 1. The molecule has 0 aromatic rings. The first kappa shape index (κ1) is 17.9. The van der Waals surface area contributed by atoms with Crippen molar-refractivity contribution in [2.75, 3.05) is 6.61 Å². The number of hydrogen-bond donors (Lipinski definition) is 3. The molecule has 0 amide bonds. The number of aliphatic hydroxyl groups is 3. The highest BCUT2D eigenvalue weighted by Gasteiger charge is 2.68. The number of rotatable bonds is 2. The average Bonchev–Trinajstić information content (AvgIpc) is 2.86. The van der Waals surface area contributed by atoms with Crippen molar-refractivity contribution in [3.05, 3.63) is 0 Å². The summed E-state index contributed by atoms with van der Waals surface area (Å²) in [6.45, 7) is 4.10. The fourth-order valence-corrected chi connectivity index (χ4v) is 7.83. The topological polar surface area (TPSA) is 77.8 Å². The summed E-state index contributed by atoms with van der Waals surface area (Å²) < 4.78 is 0. The summed E-state index contributed by atoms with van der Waals surface area (Å²) in [6, 6.07) is 0. The van der Waals surface area contributed by atoms with Gasteiger partial charge in [0.15, 0.2) is 5.78 Å². The van der Waals surface area contributed by atoms with Gasteiger partial charge in [-0.05, 0) is 81.0 Å². The van der Waals surface area contributed by atoms with Gasteiger partial charge in [-0.3, -0.25) is 4.79 Å². The molecule has 3 N–H and O–H groups in total. The van der Waals surface area contributed by atoms with E-state index < -0.39 is 12.2 Å². The van der Waals surface area contributed by atoms with Gasteiger partial charge in [-0.25, -0.2) is 0 Å². The molecule has 4 aliphatic rings. The van der Waals surface area contributed by atoms with Crippen molar-refractivity contribution in [3.8, 4) is 0 Å². The van der Waals surface area contributed by atoms with Crippen molar-refractivity contribution in [2.45, 2.75) is 83.3 Å². The molecule has 0 aromatic heterocycles. The van der Waals surface area contributed by atoms with Crippen LogP contribution in [0.25, 0.3) is 0 Å². The zero-order valence-corrected chi connectivity index (χ0v) is 15.7. The van der Waals surface area contributed by atoms with E-state index in [2.05, 4.69) is 13.8 Å². The molecule has 0 saturated heterocycles. The van der Waals surface area contributed by atoms with Crippen molar-refractivity contribution in [3.63, 3.8) is 0 Å². The van der Waals surface area contributed by atoms with Crippen molar-refractivity contribution in [1.29, 1.82) is 0 Å². The first-order valence-electron chi connectivity index (χ1n) is 10.3. The normalized spacial score (nSPS) is 55.2. The predicted octanol–water partition coefficient (Wildman–Crippen LogP) is 2.68. The minimum atomic E-state index is -0.768. The lowest BCUT2D eigenvalue weighted by molar-refractivity contribution is -0.210. The molecule has 0 aromatic carbocycles. The average molecular weight is 350 g/mol. The lowest BCUT2D eigenvalue weighted by atomic mass is 9.43. The van der Waals surface area contributed by atoms with E-state index in [1.54, 1.807) is 0 Å². The summed E-state index contributed by atoms with van der Waals surface area (Å²) >= 11 is 0. The second-order valence-corrected chi connectivity index (χ2v) is 10.0. The molecule has 0 heterocycles. The zero-order chi connectivity index (χ0) is 18.0. The third-order valence-corrected chi connectivity index (χ3v) is 9.37. The van der Waals surface area contributed by atoms with E-state index in [-0.39, 0.29) is 34.6 Å². The molecule has 142 valence electrons. The molecule has 0 aliphatic heterocycles. The summed E-state index contributed by atoms with van der Waals surface area (Å²) in [7, 11) is 0. The second kappa shape index (κ2) is 5.77. The van der Waals surface area contributed by atoms with E-state index in [4.69, 9.17) is 0 Å². The Morgan fingerprint density at radius 1 is 1.00 bits per heavy atom. The van der Waals surface area contributed by atoms with Gasteiger partial charge in [0.05, 0.1) is 11.7 Å². The molecule has 0 radical (unpaired) electrons. The monoisotopic (exact) mass is 350 g/mol. The van der Waals surface area contributed by atoms with Gasteiger partial charge in [-0.2, -0.15) is 0 Å². The predicted molar refractivity (Wildman–Crippen MR) is 94.8 cm³/mol. The lowest BCUT2D eigenvalue weighted by Crippen LogP contribution is -2.62. The van der Waals surface area contributed by atoms with Crippen LogP contribution in [-0.4, -0.2) is 39.4 Å². The number of aliphatic hydroxyl groups excluding tert-OH is 2. The molecule has 4 aliphatic carbocycles. The van der Waals surface area contributed by atoms with Gasteiger partial charge in [0.2, 0.25) is 0 Å². The van der Waals surface area contributed by atoms with Gasteiger partial charge in [-0.1, -0.05) is 13.8 Å². The van der Waals surface area contributed by atoms with E-state index in [0.29, 0.717) is 24.7 Å². The van der Waals surface area contributed by atoms with Crippen LogP contribution < -0.4 is 0 Å². The molecule has 0 unspecified atom stereocenters. The second-order valence-electron chi connectivity index (χ2n) is 10.0. The standard InChI is InChI=1S/C21H34O4/c1-19-8-5-14(23)11-13(19)3-4-16-15(19)6-9-20(2)17(18(24)12-22)7-10-21(16,20)25/h13-17,22-23,25H,3-12H2,1-2H3/t13-,14+,15+,16-,17-,19+,20-,21+/m1/s1. The molecule has 0 spiro atoms. The van der Waals surface area contributed by atoms with Crippen LogP contribution in [0.15, 0.2) is 0 Å². The van der Waals surface area contributed by atoms with Gasteiger partial charge in [0.1, 0.15) is 6.61 Å². The fourth-order valence-electron chi connectivity index (χ4n) is 7.83. The van der Waals surface area contributed by atoms with Gasteiger partial charge in [0, 0.05) is 11.3 Å². The Morgan fingerprint density at radius 3 is 2.48 bits per heavy atom. The zero-order valence-electron chi connectivity index (χ0n) is 15.7. The SMILES string of the molecule is C[C@]12CC[C@H](O)C[C@H]1CC[C@@H]1[C@@H]2CC[C@]2(C)[C@@H](C(=O)CO)CC[C@]12O. The Morgan fingerprint density at radius 2 is 1.76 bits per heavy atom. The van der Waals surface area contributed by atoms with Crippen molar-refractivity contribution in [2.24, 2.45) is 34.5 Å². The summed E-state index contributed by atoms with van der Waals surface area (Å²) in [6.07, 6.45) is 8.19. The van der Waals surface area contributed by atoms with Crippen LogP contribution >= 0.6 is 0 Å². The van der Waals surface area contributed by atoms with Crippen LogP contribution in [0.5, 0.6) is 0 Å². The van der Waals surface area contributed by atoms with Crippen LogP contribution in [0.1, 0.15) is 71.6 Å². The molecule has 4 saturated carbocycles. The molecule has 4 rings (SSSR count). The summed E-state index contributed by atoms with van der Waals surface area (Å²) in [5, 5.41) is 31.3. The van der Waals surface area contributed by atoms with Gasteiger partial charge >= 0.3 is 0 Å². The smallest absolute Gasteiger partial charge is 0.161 e. The number of fused-ring (bicyclic) bond motifs is 5. The van der Waals surface area contributed by atoms with E-state index in [1.807, 2.05) is 0 Å². The van der Waals surface area contributed by atoms with Crippen LogP contribution in [0.2, 0.25) is 0 Å². The third kappa shape index (κ3) is 2.26. The Balaban J connectivity index is 1.66. The maximum Gasteiger partial charge on any atom is 0.161 e. The van der Waals surface area contributed by atoms with Crippen LogP contribution in [-0.2, 0) is 4.79 Å². The number of carbonyl (C=O) groups excluding carboxylic acids is 1. The Kier molecular flexibility index (Phi) is 4.14. The Bertz CT molecular complexity index is 562. The van der Waals surface area contributed by atoms with E-state index in [9.17, 15) is 20.1 Å². The quantitative estimate of drug-likeness (QED) is 0.715. The molecule has 4 fully saturated rings. The molecule has 0 bridgehead atoms. The summed E-state index contributed by atoms with van der Waals surface area (Å²) in [4.78, 5) is 12.3. The maximum absolute atomic E-state index is 12.3. The number of hydrogen-bond acceptors (Lipinski definition) is 4. The highest BCUT2D eigenvalue weighted by Crippen LogP contribution is 2.69. The van der Waals surface area contributed by atoms with Gasteiger partial charge < -0.3 is 15.3 Å². The van der Waals surface area contributed by atoms with Crippen LogP contribution in [0.3, 0.4) is 0 Å². The molecule has 4 heteroatoms. The lowest BCUT2D eigenvalue weighted by Gasteiger charge is -2.63. The van der Waals surface area contributed by atoms with Crippen molar-refractivity contribution in [1.82, 2.24) is 0 Å². The number of ketones is 1. The molecule has 8 atom stereocenters. The van der Waals surface area contributed by atoms with Crippen LogP contribution in [0.4, 0.5) is 0 Å². The molecular formula is C21H34O4. The highest BCUT2D eigenvalue weighted by atomic mass is 16.3. The van der Waals surface area contributed by atoms with E-state index >= 15 is 0 Å². The fraction of sp³-hybridized carbons (Fsp3) is 0.952. The van der Waals surface area contributed by atoms with Gasteiger partial charge in [0.25, 0.3) is 0 Å². The number of carbonyl (C=O) groups is 1. The molecule has 25 heavy (non-hydrogen) atoms. The van der Waals surface area contributed by atoms with E-state index in [1.165, 1.54) is 0 Å². The molecular weight excluding hydrogens is 316 g/mol. The van der Waals surface area contributed by atoms with Crippen molar-refractivity contribution >= 4 is 5.78 Å². The Labute approximate surface area is 151 Å². The minimum Gasteiger partial charge on any atom is -0.393 e. The third-order valence-electron chi connectivity index (χ3n) is 9.37. The highest BCUT2D eigenvalue weighted by molar-refractivity contribution is 5.83. The Hall–Kier alpha value is -0.450. The molecule has 4 nitrogen and oxygen atoms in total. The minimum absolute atomic E-state index is 0.0856. The summed E-state index contributed by atoms with van der Waals surface area (Å²) in [5.41, 5.74) is -0.931. The van der Waals surface area contributed by atoms with Gasteiger partial charge in [-0.15, -0.1) is 0 Å². The largest absolute Gasteiger partial charge is 0.393 e. The van der Waals surface area contributed by atoms with E-state index in [0.717, 1.165) is 44.9 Å². The maximum atomic E-state index is 12.3. The van der Waals surface area contributed by atoms with Crippen LogP contribution in [0, 0.1) is 34.5 Å². The summed E-state index contributed by atoms with van der Waals surface area (Å²) in [5.74, 6) is 1.06. The first-order valence-corrected chi connectivity index (χ1v) is 10.3.